The molecule has 0 saturated carbocycles. The summed E-state index contributed by atoms with van der Waals surface area (Å²) in [4.78, 5) is 41.2. The number of nitrogens with one attached hydrogen (secondary N) is 1. The molecule has 1 aromatic rings. The van der Waals surface area contributed by atoms with Crippen LogP contribution in [0.25, 0.3) is 5.53 Å². The second-order valence-electron chi connectivity index (χ2n) is 7.93. The van der Waals surface area contributed by atoms with E-state index in [9.17, 15) is 19.5 Å². The molecule has 1 amide bonds. The maximum atomic E-state index is 12.7. The molecule has 0 aliphatic carbocycles. The fourth-order valence-corrected chi connectivity index (χ4v) is 4.21. The number of nitrogens with zero attached hydrogens (tertiary/aromatic N) is 3. The van der Waals surface area contributed by atoms with Gasteiger partial charge >= 0.3 is 12.2 Å². The van der Waals surface area contributed by atoms with Gasteiger partial charge in [-0.05, 0) is 24.3 Å². The zero-order valence-corrected chi connectivity index (χ0v) is 17.0. The molecule has 0 spiro atoms. The van der Waals surface area contributed by atoms with Crippen molar-refractivity contribution >= 4 is 23.9 Å². The maximum Gasteiger partial charge on any atom is 0.323 e. The number of carboxylic acids is 1. The molecule has 2 N–H and O–H groups in total. The van der Waals surface area contributed by atoms with Gasteiger partial charge in [0.2, 0.25) is 11.7 Å². The summed E-state index contributed by atoms with van der Waals surface area (Å²) in [6.07, 6.45) is 1.50. The minimum absolute atomic E-state index is 0.0892. The Morgan fingerprint density at radius 1 is 1.31 bits per heavy atom. The number of benzene rings is 1. The van der Waals surface area contributed by atoms with Crippen LogP contribution in [-0.2, 0) is 20.9 Å². The van der Waals surface area contributed by atoms with Crippen LogP contribution in [0.4, 0.5) is 0 Å². The number of rotatable bonds is 9. The van der Waals surface area contributed by atoms with Crippen molar-refractivity contribution in [3.63, 3.8) is 0 Å². The lowest BCUT2D eigenvalue weighted by atomic mass is 9.86. The molecule has 1 fully saturated rings. The molecule has 2 rings (SSSR count). The highest BCUT2D eigenvalue weighted by Crippen LogP contribution is 2.36. The lowest BCUT2D eigenvalue weighted by Crippen LogP contribution is -2.54. The van der Waals surface area contributed by atoms with E-state index in [1.54, 1.807) is 4.90 Å². The van der Waals surface area contributed by atoms with Crippen LogP contribution in [0.5, 0.6) is 0 Å². The van der Waals surface area contributed by atoms with Crippen molar-refractivity contribution in [3.05, 3.63) is 41.4 Å². The Morgan fingerprint density at radius 3 is 2.48 bits per heavy atom. The van der Waals surface area contributed by atoms with Gasteiger partial charge in [0.15, 0.2) is 0 Å². The number of hydrogen-bond acceptors (Lipinski definition) is 4. The van der Waals surface area contributed by atoms with Crippen molar-refractivity contribution in [1.82, 2.24) is 10.2 Å². The summed E-state index contributed by atoms with van der Waals surface area (Å²) in [6.45, 7) is 5.75. The summed E-state index contributed by atoms with van der Waals surface area (Å²) >= 11 is 0. The fourth-order valence-electron chi connectivity index (χ4n) is 4.21. The van der Waals surface area contributed by atoms with Gasteiger partial charge in [-0.25, -0.2) is 0 Å². The van der Waals surface area contributed by atoms with Crippen LogP contribution in [0.2, 0.25) is 0 Å². The number of hydrogen-bond donors (Lipinski definition) is 2. The van der Waals surface area contributed by atoms with E-state index in [2.05, 4.69) is 10.1 Å². The zero-order valence-electron chi connectivity index (χ0n) is 17.0. The van der Waals surface area contributed by atoms with Gasteiger partial charge in [-0.15, -0.1) is 0 Å². The number of carbonyl (C=O) groups is 3. The molecule has 156 valence electrons. The van der Waals surface area contributed by atoms with E-state index in [-0.39, 0.29) is 18.2 Å². The first-order valence-corrected chi connectivity index (χ1v) is 9.75. The summed E-state index contributed by atoms with van der Waals surface area (Å²) in [6, 6.07) is 7.58. The Labute approximate surface area is 170 Å². The van der Waals surface area contributed by atoms with Crippen molar-refractivity contribution < 1.29 is 24.3 Å². The Kier molecular flexibility index (Phi) is 7.82. The summed E-state index contributed by atoms with van der Waals surface area (Å²) in [5, 5.41) is 12.8. The highest BCUT2D eigenvalue weighted by atomic mass is 16.4. The molecule has 0 aromatic heterocycles. The second-order valence-corrected chi connectivity index (χ2v) is 7.93. The van der Waals surface area contributed by atoms with E-state index >= 15 is 0 Å². The first-order chi connectivity index (χ1) is 13.7. The van der Waals surface area contributed by atoms with E-state index in [1.165, 1.54) is 6.92 Å². The lowest BCUT2D eigenvalue weighted by molar-refractivity contribution is -0.143. The SMILES string of the molecule is CC(=O)NC(CC(C)C)C1C(C(=O)C=[N+]=[N-])C[C@@H](C(=O)O)N1Cc1ccccc1. The number of aliphatic carboxylic acids is 1. The minimum atomic E-state index is -1.02. The van der Waals surface area contributed by atoms with Crippen LogP contribution in [0.15, 0.2) is 30.3 Å². The van der Waals surface area contributed by atoms with Gasteiger partial charge in [-0.2, -0.15) is 4.79 Å². The third-order valence-electron chi connectivity index (χ3n) is 5.24. The summed E-state index contributed by atoms with van der Waals surface area (Å²) in [7, 11) is 0. The van der Waals surface area contributed by atoms with Crippen LogP contribution in [0.1, 0.15) is 39.2 Å². The molecule has 4 atom stereocenters. The minimum Gasteiger partial charge on any atom is -0.480 e. The number of ketones is 1. The fraction of sp³-hybridized carbons (Fsp3) is 0.524. The van der Waals surface area contributed by atoms with Crippen molar-refractivity contribution in [2.24, 2.45) is 11.8 Å². The normalized spacial score (nSPS) is 22.7. The van der Waals surface area contributed by atoms with E-state index in [0.717, 1.165) is 11.8 Å². The van der Waals surface area contributed by atoms with Gasteiger partial charge in [-0.1, -0.05) is 44.2 Å². The number of Topliss-reactive ketones (excluding diaryl/α,β-unsaturated/α-hetero) is 1. The standard InChI is InChI=1S/C21H28N4O4/c1-13(2)9-17(24-14(3)26)20-16(19(27)11-23-22)10-18(21(28)29)25(20)12-15-7-5-4-6-8-15/h4-8,11,13,16-18,20H,9-10,12H2,1-3H3,(H,24,26)(H,28,29)/t16?,17?,18-,20?/m0/s1. The van der Waals surface area contributed by atoms with Gasteiger partial charge in [0.1, 0.15) is 6.04 Å². The van der Waals surface area contributed by atoms with Crippen molar-refractivity contribution in [2.75, 3.05) is 0 Å². The molecule has 3 unspecified atom stereocenters. The highest BCUT2D eigenvalue weighted by Gasteiger charge is 2.51. The molecule has 29 heavy (non-hydrogen) atoms. The molecule has 0 radical (unpaired) electrons. The van der Waals surface area contributed by atoms with Crippen LogP contribution >= 0.6 is 0 Å². The molecule has 1 saturated heterocycles. The highest BCUT2D eigenvalue weighted by molar-refractivity contribution is 6.26. The number of carbonyl (C=O) groups excluding carboxylic acids is 2. The molecule has 1 aromatic carbocycles. The molecular weight excluding hydrogens is 372 g/mol. The third-order valence-corrected chi connectivity index (χ3v) is 5.24. The summed E-state index contributed by atoms with van der Waals surface area (Å²) in [5.41, 5.74) is 9.75. The molecule has 8 nitrogen and oxygen atoms in total. The lowest BCUT2D eigenvalue weighted by Gasteiger charge is -2.36. The van der Waals surface area contributed by atoms with Crippen LogP contribution in [-0.4, -0.2) is 56.8 Å². The van der Waals surface area contributed by atoms with E-state index in [1.807, 2.05) is 44.2 Å². The monoisotopic (exact) mass is 400 g/mol. The smallest absolute Gasteiger partial charge is 0.323 e. The first kappa shape index (κ1) is 22.5. The first-order valence-electron chi connectivity index (χ1n) is 9.75. The second kappa shape index (κ2) is 10.1. The molecule has 1 heterocycles. The molecule has 1 aliphatic heterocycles. The number of likely N-dealkylation sites (tertiary alicyclic amines) is 1. The Morgan fingerprint density at radius 2 is 1.97 bits per heavy atom. The number of carboxylic acid groups (broad SMARTS) is 1. The van der Waals surface area contributed by atoms with Crippen LogP contribution in [0, 0.1) is 11.8 Å². The average molecular weight is 400 g/mol. The zero-order chi connectivity index (χ0) is 21.6. The largest absolute Gasteiger partial charge is 0.480 e. The molecule has 0 bridgehead atoms. The average Bonchev–Trinajstić information content (AvgIpc) is 3.01. The Hall–Kier alpha value is -2.83. The van der Waals surface area contributed by atoms with Gasteiger partial charge in [0.05, 0.1) is 0 Å². The van der Waals surface area contributed by atoms with Crippen LogP contribution in [0.3, 0.4) is 0 Å². The van der Waals surface area contributed by atoms with Gasteiger partial charge in [0.25, 0.3) is 0 Å². The van der Waals surface area contributed by atoms with E-state index in [0.29, 0.717) is 13.0 Å². The number of amides is 1. The molecule has 1 aliphatic rings. The predicted octanol–water partition coefficient (Wildman–Crippen LogP) is 1.75. The van der Waals surface area contributed by atoms with E-state index in [4.69, 9.17) is 5.53 Å². The van der Waals surface area contributed by atoms with Crippen molar-refractivity contribution in [3.8, 4) is 0 Å². The summed E-state index contributed by atoms with van der Waals surface area (Å²) < 4.78 is 0. The Balaban J connectivity index is 2.51. The van der Waals surface area contributed by atoms with Crippen molar-refractivity contribution in [1.29, 1.82) is 0 Å². The van der Waals surface area contributed by atoms with Crippen molar-refractivity contribution in [2.45, 2.75) is 58.3 Å². The topological polar surface area (TPSA) is 123 Å². The van der Waals surface area contributed by atoms with Gasteiger partial charge in [0, 0.05) is 31.5 Å². The molecular formula is C21H28N4O4. The van der Waals surface area contributed by atoms with E-state index < -0.39 is 35.8 Å². The van der Waals surface area contributed by atoms with Gasteiger partial charge in [-0.3, -0.25) is 19.3 Å². The molecule has 8 heteroatoms. The quantitative estimate of drug-likeness (QED) is 0.371. The summed E-state index contributed by atoms with van der Waals surface area (Å²) in [5.74, 6) is -2.19. The maximum absolute atomic E-state index is 12.7. The van der Waals surface area contributed by atoms with Gasteiger partial charge < -0.3 is 16.0 Å². The van der Waals surface area contributed by atoms with Crippen LogP contribution < -0.4 is 5.32 Å². The Bertz CT molecular complexity index is 789. The third kappa shape index (κ3) is 5.82. The predicted molar refractivity (Wildman–Crippen MR) is 107 cm³/mol.